The van der Waals surface area contributed by atoms with Crippen LogP contribution >= 0.6 is 23.7 Å². The summed E-state index contributed by atoms with van der Waals surface area (Å²) in [6, 6.07) is -0.802. The Balaban J connectivity index is 0.00000264. The summed E-state index contributed by atoms with van der Waals surface area (Å²) in [5.74, 6) is -0.996. The molecule has 2 aromatic heterocycles. The number of aryl methyl sites for hydroxylation is 1. The van der Waals surface area contributed by atoms with Crippen molar-refractivity contribution in [2.75, 3.05) is 5.32 Å². The molecule has 0 aromatic carbocycles. The van der Waals surface area contributed by atoms with Crippen LogP contribution in [-0.4, -0.2) is 39.2 Å². The predicted octanol–water partition coefficient (Wildman–Crippen LogP) is 2.87. The summed E-state index contributed by atoms with van der Waals surface area (Å²) in [6.45, 7) is 6.85. The van der Waals surface area contributed by atoms with E-state index in [1.165, 1.54) is 24.6 Å². The smallest absolute Gasteiger partial charge is 0.348 e. The Labute approximate surface area is 143 Å². The van der Waals surface area contributed by atoms with Crippen molar-refractivity contribution in [3.8, 4) is 0 Å². The lowest BCUT2D eigenvalue weighted by atomic mass is 10.2. The highest BCUT2D eigenvalue weighted by Gasteiger charge is 2.22. The van der Waals surface area contributed by atoms with Gasteiger partial charge in [-0.25, -0.2) is 14.8 Å². The van der Waals surface area contributed by atoms with E-state index >= 15 is 0 Å². The average molecular weight is 360 g/mol. The number of anilines is 1. The zero-order valence-corrected chi connectivity index (χ0v) is 14.7. The number of thiophene rings is 1. The number of esters is 1. The van der Waals surface area contributed by atoms with E-state index in [9.17, 15) is 9.59 Å². The molecule has 0 aliphatic rings. The Morgan fingerprint density at radius 1 is 1.30 bits per heavy atom. The molecular weight excluding hydrogens is 342 g/mol. The molecule has 2 aromatic rings. The van der Waals surface area contributed by atoms with Crippen LogP contribution in [0.3, 0.4) is 0 Å². The van der Waals surface area contributed by atoms with Crippen molar-refractivity contribution < 1.29 is 19.4 Å². The van der Waals surface area contributed by atoms with Crippen molar-refractivity contribution in [1.29, 1.82) is 0 Å². The first kappa shape index (κ1) is 19.1. The van der Waals surface area contributed by atoms with Crippen molar-refractivity contribution in [2.24, 2.45) is 0 Å². The molecule has 0 amide bonds. The number of hydrogen-bond acceptors (Lipinski definition) is 7. The van der Waals surface area contributed by atoms with Crippen molar-refractivity contribution in [1.82, 2.24) is 9.97 Å². The van der Waals surface area contributed by atoms with E-state index in [-0.39, 0.29) is 18.5 Å². The minimum absolute atomic E-state index is 0. The number of carbonyl (C=O) groups excluding carboxylic acids is 1. The van der Waals surface area contributed by atoms with Gasteiger partial charge in [0.05, 0.1) is 11.5 Å². The lowest BCUT2D eigenvalue weighted by Gasteiger charge is -2.11. The van der Waals surface area contributed by atoms with Gasteiger partial charge in [-0.1, -0.05) is 0 Å². The fraction of sp³-hybridized carbons (Fsp3) is 0.429. The molecule has 0 fully saturated rings. The number of halogens is 1. The summed E-state index contributed by atoms with van der Waals surface area (Å²) >= 11 is 1.21. The van der Waals surface area contributed by atoms with Gasteiger partial charge in [-0.05, 0) is 33.3 Å². The zero-order valence-electron chi connectivity index (χ0n) is 13.1. The molecule has 23 heavy (non-hydrogen) atoms. The van der Waals surface area contributed by atoms with Crippen LogP contribution in [0.5, 0.6) is 0 Å². The van der Waals surface area contributed by atoms with Crippen molar-refractivity contribution in [3.05, 3.63) is 16.8 Å². The predicted molar refractivity (Wildman–Crippen MR) is 90.7 cm³/mol. The Morgan fingerprint density at radius 3 is 2.52 bits per heavy atom. The Bertz CT molecular complexity index is 732. The van der Waals surface area contributed by atoms with Crippen LogP contribution in [0.25, 0.3) is 10.2 Å². The van der Waals surface area contributed by atoms with Gasteiger partial charge in [-0.2, -0.15) is 0 Å². The standard InChI is InChI=1S/C14H17N3O4S.ClH/c1-6(2)21-14(20)10-7(3)9-11(17-8(4)13(18)19)15-5-16-12(9)22-10;/h5-6,8H,1-4H3,(H,18,19)(H,15,16,17);1H. The van der Waals surface area contributed by atoms with E-state index in [0.29, 0.717) is 26.5 Å². The SMILES string of the molecule is Cc1c(C(=O)OC(C)C)sc2ncnc(NC(C)C(=O)O)c12.Cl. The van der Waals surface area contributed by atoms with E-state index in [4.69, 9.17) is 9.84 Å². The molecule has 0 radical (unpaired) electrons. The number of carboxylic acid groups (broad SMARTS) is 1. The number of aliphatic carboxylic acids is 1. The quantitative estimate of drug-likeness (QED) is 0.791. The lowest BCUT2D eigenvalue weighted by Crippen LogP contribution is -2.26. The molecule has 2 heterocycles. The number of carboxylic acids is 1. The Kier molecular flexibility index (Phi) is 6.28. The number of fused-ring (bicyclic) bond motifs is 1. The summed E-state index contributed by atoms with van der Waals surface area (Å²) in [5, 5.41) is 12.5. The van der Waals surface area contributed by atoms with Crippen LogP contribution in [0.15, 0.2) is 6.33 Å². The molecule has 2 N–H and O–H groups in total. The first-order chi connectivity index (χ1) is 10.3. The highest BCUT2D eigenvalue weighted by atomic mass is 35.5. The van der Waals surface area contributed by atoms with E-state index < -0.39 is 18.0 Å². The van der Waals surface area contributed by atoms with Gasteiger partial charge in [-0.15, -0.1) is 23.7 Å². The first-order valence-corrected chi connectivity index (χ1v) is 7.57. The molecule has 0 saturated heterocycles. The molecule has 7 nitrogen and oxygen atoms in total. The highest BCUT2D eigenvalue weighted by molar-refractivity contribution is 7.20. The normalized spacial score (nSPS) is 11.9. The summed E-state index contributed by atoms with van der Waals surface area (Å²) in [4.78, 5) is 32.4. The van der Waals surface area contributed by atoms with Gasteiger partial charge in [0.2, 0.25) is 0 Å². The number of ether oxygens (including phenoxy) is 1. The second kappa shape index (κ2) is 7.56. The number of nitrogens with one attached hydrogen (secondary N) is 1. The van der Waals surface area contributed by atoms with Crippen LogP contribution < -0.4 is 5.32 Å². The molecule has 0 spiro atoms. The first-order valence-electron chi connectivity index (χ1n) is 6.75. The largest absolute Gasteiger partial charge is 0.480 e. The molecule has 0 bridgehead atoms. The topological polar surface area (TPSA) is 101 Å². The maximum absolute atomic E-state index is 12.1. The third-order valence-corrected chi connectivity index (χ3v) is 4.16. The van der Waals surface area contributed by atoms with Crippen LogP contribution in [0.1, 0.15) is 36.0 Å². The molecule has 0 aliphatic heterocycles. The molecular formula is C14H18ClN3O4S. The molecule has 0 aliphatic carbocycles. The minimum atomic E-state index is -0.987. The third-order valence-electron chi connectivity index (χ3n) is 2.98. The van der Waals surface area contributed by atoms with Gasteiger partial charge in [0, 0.05) is 0 Å². The van der Waals surface area contributed by atoms with Gasteiger partial charge in [0.1, 0.15) is 27.9 Å². The minimum Gasteiger partial charge on any atom is -0.480 e. The van der Waals surface area contributed by atoms with E-state index in [0.717, 1.165) is 0 Å². The summed E-state index contributed by atoms with van der Waals surface area (Å²) in [6.07, 6.45) is 1.13. The zero-order chi connectivity index (χ0) is 16.4. The summed E-state index contributed by atoms with van der Waals surface area (Å²) < 4.78 is 5.21. The highest BCUT2D eigenvalue weighted by Crippen LogP contribution is 2.34. The average Bonchev–Trinajstić information content (AvgIpc) is 2.76. The van der Waals surface area contributed by atoms with Crippen molar-refractivity contribution in [3.63, 3.8) is 0 Å². The molecule has 1 atom stereocenters. The second-order valence-electron chi connectivity index (χ2n) is 5.12. The van der Waals surface area contributed by atoms with Crippen LogP contribution in [0.2, 0.25) is 0 Å². The molecule has 9 heteroatoms. The van der Waals surface area contributed by atoms with Crippen molar-refractivity contribution >= 4 is 51.7 Å². The van der Waals surface area contributed by atoms with Gasteiger partial charge in [0.25, 0.3) is 0 Å². The monoisotopic (exact) mass is 359 g/mol. The lowest BCUT2D eigenvalue weighted by molar-refractivity contribution is -0.137. The number of rotatable bonds is 5. The van der Waals surface area contributed by atoms with Crippen LogP contribution in [-0.2, 0) is 9.53 Å². The number of nitrogens with zero attached hydrogens (tertiary/aromatic N) is 2. The fourth-order valence-corrected chi connectivity index (χ4v) is 2.94. The van der Waals surface area contributed by atoms with Crippen LogP contribution in [0, 0.1) is 6.92 Å². The van der Waals surface area contributed by atoms with E-state index in [1.54, 1.807) is 20.8 Å². The van der Waals surface area contributed by atoms with Gasteiger partial charge < -0.3 is 15.2 Å². The Hall–Kier alpha value is -1.93. The number of aromatic nitrogens is 2. The molecule has 2 rings (SSSR count). The second-order valence-corrected chi connectivity index (χ2v) is 6.12. The maximum Gasteiger partial charge on any atom is 0.348 e. The van der Waals surface area contributed by atoms with E-state index in [1.807, 2.05) is 0 Å². The van der Waals surface area contributed by atoms with Gasteiger partial charge >= 0.3 is 11.9 Å². The Morgan fingerprint density at radius 2 is 1.96 bits per heavy atom. The van der Waals surface area contributed by atoms with E-state index in [2.05, 4.69) is 15.3 Å². The third kappa shape index (κ3) is 4.08. The maximum atomic E-state index is 12.1. The van der Waals surface area contributed by atoms with Gasteiger partial charge in [0.15, 0.2) is 0 Å². The van der Waals surface area contributed by atoms with Crippen LogP contribution in [0.4, 0.5) is 5.82 Å². The number of carbonyl (C=O) groups is 2. The summed E-state index contributed by atoms with van der Waals surface area (Å²) in [7, 11) is 0. The molecule has 1 unspecified atom stereocenters. The van der Waals surface area contributed by atoms with Gasteiger partial charge in [-0.3, -0.25) is 4.79 Å². The fourth-order valence-electron chi connectivity index (χ4n) is 1.91. The summed E-state index contributed by atoms with van der Waals surface area (Å²) in [5.41, 5.74) is 0.686. The number of hydrogen-bond donors (Lipinski definition) is 2. The van der Waals surface area contributed by atoms with Crippen molar-refractivity contribution in [2.45, 2.75) is 39.8 Å². The molecule has 0 saturated carbocycles. The molecule has 126 valence electrons.